The Hall–Kier alpha value is -1.36. The summed E-state index contributed by atoms with van der Waals surface area (Å²) in [6.45, 7) is 3.68. The average molecular weight is 195 g/mol. The molecule has 1 atom stereocenters. The van der Waals surface area contributed by atoms with Gasteiger partial charge in [0.05, 0.1) is 6.61 Å². The summed E-state index contributed by atoms with van der Waals surface area (Å²) >= 11 is 0. The molecule has 0 aliphatic carbocycles. The molecular formula is C9H13N3O2. The van der Waals surface area contributed by atoms with Crippen LogP contribution >= 0.6 is 0 Å². The summed E-state index contributed by atoms with van der Waals surface area (Å²) in [5, 5.41) is 1.47. The van der Waals surface area contributed by atoms with Gasteiger partial charge in [-0.1, -0.05) is 0 Å². The number of ether oxygens (including phenoxy) is 1. The van der Waals surface area contributed by atoms with Crippen molar-refractivity contribution >= 4 is 12.3 Å². The molecule has 1 saturated heterocycles. The smallest absolute Gasteiger partial charge is 0.428 e. The minimum Gasteiger partial charge on any atom is -0.449 e. The highest BCUT2D eigenvalue weighted by atomic mass is 16.6. The third kappa shape index (κ3) is 1.50. The van der Waals surface area contributed by atoms with Crippen LogP contribution < -0.4 is 5.43 Å². The van der Waals surface area contributed by atoms with Gasteiger partial charge in [0.1, 0.15) is 0 Å². The number of nitrogens with one attached hydrogen (secondary N) is 1. The van der Waals surface area contributed by atoms with Crippen LogP contribution in [0, 0.1) is 5.92 Å². The molecule has 0 radical (unpaired) electrons. The van der Waals surface area contributed by atoms with Crippen LogP contribution in [0.2, 0.25) is 0 Å². The highest BCUT2D eigenvalue weighted by Gasteiger charge is 2.33. The van der Waals surface area contributed by atoms with E-state index in [0.717, 1.165) is 18.8 Å². The maximum Gasteiger partial charge on any atom is 0.428 e. The Morgan fingerprint density at radius 2 is 2.71 bits per heavy atom. The highest BCUT2D eigenvalue weighted by molar-refractivity contribution is 5.77. The van der Waals surface area contributed by atoms with Crippen LogP contribution in [0.4, 0.5) is 4.79 Å². The molecule has 76 valence electrons. The van der Waals surface area contributed by atoms with Gasteiger partial charge in [-0.2, -0.15) is 0 Å². The van der Waals surface area contributed by atoms with Crippen molar-refractivity contribution in [2.75, 3.05) is 19.7 Å². The summed E-state index contributed by atoms with van der Waals surface area (Å²) in [6.07, 6.45) is 3.24. The maximum absolute atomic E-state index is 11.5. The molecule has 0 saturated carbocycles. The first-order chi connectivity index (χ1) is 6.83. The number of hydrogen-bond acceptors (Lipinski definition) is 4. The number of amides is 1. The van der Waals surface area contributed by atoms with Crippen molar-refractivity contribution in [3.63, 3.8) is 0 Å². The van der Waals surface area contributed by atoms with Crippen molar-refractivity contribution in [3.8, 4) is 0 Å². The molecule has 2 aliphatic rings. The van der Waals surface area contributed by atoms with Gasteiger partial charge in [0, 0.05) is 30.9 Å². The molecule has 0 aromatic carbocycles. The topological polar surface area (TPSA) is 53.9 Å². The van der Waals surface area contributed by atoms with Crippen LogP contribution in [0.15, 0.2) is 16.8 Å². The molecule has 14 heavy (non-hydrogen) atoms. The van der Waals surface area contributed by atoms with E-state index < -0.39 is 0 Å². The fraction of sp³-hybridized carbons (Fsp3) is 0.556. The number of hydrogen-bond donors (Lipinski definition) is 1. The van der Waals surface area contributed by atoms with Crippen molar-refractivity contribution < 1.29 is 9.53 Å². The molecule has 1 amide bonds. The second-order valence-corrected chi connectivity index (χ2v) is 3.20. The van der Waals surface area contributed by atoms with Crippen molar-refractivity contribution in [1.29, 1.82) is 0 Å². The van der Waals surface area contributed by atoms with Crippen molar-refractivity contribution in [3.05, 3.63) is 11.8 Å². The van der Waals surface area contributed by atoms with E-state index in [4.69, 9.17) is 4.74 Å². The molecular weight excluding hydrogens is 182 g/mol. The Bertz CT molecular complexity index is 298. The molecule has 2 aliphatic heterocycles. The zero-order chi connectivity index (χ0) is 9.97. The summed E-state index contributed by atoms with van der Waals surface area (Å²) < 4.78 is 4.91. The lowest BCUT2D eigenvalue weighted by Gasteiger charge is -2.19. The van der Waals surface area contributed by atoms with Gasteiger partial charge < -0.3 is 4.74 Å². The molecule has 0 spiro atoms. The predicted octanol–water partition coefficient (Wildman–Crippen LogP) is 0.548. The van der Waals surface area contributed by atoms with E-state index in [-0.39, 0.29) is 6.09 Å². The van der Waals surface area contributed by atoms with Crippen molar-refractivity contribution in [2.24, 2.45) is 10.9 Å². The summed E-state index contributed by atoms with van der Waals surface area (Å²) in [5.41, 5.74) is 3.95. The van der Waals surface area contributed by atoms with E-state index in [1.54, 1.807) is 13.1 Å². The number of fused-ring (bicyclic) bond motifs is 1. The van der Waals surface area contributed by atoms with Gasteiger partial charge >= 0.3 is 6.09 Å². The third-order valence-corrected chi connectivity index (χ3v) is 2.30. The minimum atomic E-state index is -0.337. The van der Waals surface area contributed by atoms with Gasteiger partial charge in [0.15, 0.2) is 0 Å². The number of dihydropyridines is 1. The van der Waals surface area contributed by atoms with E-state index in [0.29, 0.717) is 12.5 Å². The summed E-state index contributed by atoms with van der Waals surface area (Å²) in [5.74, 6) is 0.310. The van der Waals surface area contributed by atoms with Gasteiger partial charge in [-0.15, -0.1) is 0 Å². The van der Waals surface area contributed by atoms with E-state index in [2.05, 4.69) is 10.4 Å². The normalized spacial score (nSPS) is 24.5. The van der Waals surface area contributed by atoms with Crippen LogP contribution in [0.5, 0.6) is 0 Å². The van der Waals surface area contributed by atoms with Gasteiger partial charge in [0.25, 0.3) is 0 Å². The number of carbonyl (C=O) groups excluding carboxylic acids is 1. The Kier molecular flexibility index (Phi) is 2.49. The Morgan fingerprint density at radius 3 is 3.50 bits per heavy atom. The number of hydrazine groups is 1. The molecule has 2 rings (SSSR count). The first-order valence-corrected chi connectivity index (χ1v) is 4.73. The first-order valence-electron chi connectivity index (χ1n) is 4.73. The van der Waals surface area contributed by atoms with Gasteiger partial charge in [-0.25, -0.2) is 15.2 Å². The molecule has 0 aromatic rings. The molecule has 5 nitrogen and oxygen atoms in total. The lowest BCUT2D eigenvalue weighted by molar-refractivity contribution is 0.110. The SMILES string of the molecule is CCOC(=O)N1NCC2CN=CC=C21. The van der Waals surface area contributed by atoms with Gasteiger partial charge in [0.2, 0.25) is 0 Å². The third-order valence-electron chi connectivity index (χ3n) is 2.30. The minimum absolute atomic E-state index is 0.310. The molecule has 0 aromatic heterocycles. The lowest BCUT2D eigenvalue weighted by atomic mass is 10.1. The molecule has 1 fully saturated rings. The zero-order valence-corrected chi connectivity index (χ0v) is 8.06. The summed E-state index contributed by atoms with van der Waals surface area (Å²) in [6, 6.07) is 0. The number of aliphatic imine (C=N–C) groups is 1. The Balaban J connectivity index is 2.10. The quantitative estimate of drug-likeness (QED) is 0.664. The molecule has 1 unspecified atom stereocenters. The van der Waals surface area contributed by atoms with Gasteiger partial charge in [-0.3, -0.25) is 4.99 Å². The summed E-state index contributed by atoms with van der Waals surface area (Å²) in [7, 11) is 0. The monoisotopic (exact) mass is 195 g/mol. The fourth-order valence-electron chi connectivity index (χ4n) is 1.62. The van der Waals surface area contributed by atoms with Gasteiger partial charge in [-0.05, 0) is 13.0 Å². The highest BCUT2D eigenvalue weighted by Crippen LogP contribution is 2.23. The van der Waals surface area contributed by atoms with Crippen LogP contribution in [-0.4, -0.2) is 37.0 Å². The molecule has 0 bridgehead atoms. The largest absolute Gasteiger partial charge is 0.449 e. The van der Waals surface area contributed by atoms with E-state index >= 15 is 0 Å². The number of allylic oxidation sites excluding steroid dienone is 1. The number of nitrogens with zero attached hydrogens (tertiary/aromatic N) is 2. The standard InChI is InChI=1S/C9H13N3O2/c1-2-14-9(13)12-8-3-4-10-5-7(8)6-11-12/h3-4,7,11H,2,5-6H2,1H3. The number of rotatable bonds is 1. The van der Waals surface area contributed by atoms with Crippen molar-refractivity contribution in [2.45, 2.75) is 6.92 Å². The second-order valence-electron chi connectivity index (χ2n) is 3.20. The van der Waals surface area contributed by atoms with Crippen LogP contribution in [-0.2, 0) is 4.74 Å². The molecule has 5 heteroatoms. The van der Waals surface area contributed by atoms with Crippen LogP contribution in [0.3, 0.4) is 0 Å². The second kappa shape index (κ2) is 3.79. The van der Waals surface area contributed by atoms with Crippen molar-refractivity contribution in [1.82, 2.24) is 10.4 Å². The van der Waals surface area contributed by atoms with Crippen LogP contribution in [0.25, 0.3) is 0 Å². The number of carbonyl (C=O) groups is 1. The van der Waals surface area contributed by atoms with E-state index in [1.807, 2.05) is 6.08 Å². The molecule has 1 N–H and O–H groups in total. The Labute approximate surface area is 82.4 Å². The van der Waals surface area contributed by atoms with E-state index in [1.165, 1.54) is 5.01 Å². The predicted molar refractivity (Wildman–Crippen MR) is 51.8 cm³/mol. The zero-order valence-electron chi connectivity index (χ0n) is 8.06. The lowest BCUT2D eigenvalue weighted by Crippen LogP contribution is -2.36. The molecule has 2 heterocycles. The maximum atomic E-state index is 11.5. The van der Waals surface area contributed by atoms with E-state index in [9.17, 15) is 4.79 Å². The fourth-order valence-corrected chi connectivity index (χ4v) is 1.62. The average Bonchev–Trinajstić information content (AvgIpc) is 2.61. The van der Waals surface area contributed by atoms with Crippen LogP contribution in [0.1, 0.15) is 6.92 Å². The first kappa shape index (κ1) is 9.21. The Morgan fingerprint density at radius 1 is 1.86 bits per heavy atom. The summed E-state index contributed by atoms with van der Waals surface area (Å²) in [4.78, 5) is 15.6.